The number of anilines is 1. The molecule has 1 N–H and O–H groups in total. The lowest BCUT2D eigenvalue weighted by Crippen LogP contribution is -2.14. The fourth-order valence-electron chi connectivity index (χ4n) is 2.62. The lowest BCUT2D eigenvalue weighted by Gasteiger charge is -2.08. The van der Waals surface area contributed by atoms with Gasteiger partial charge in [0, 0.05) is 8.59 Å². The number of benzene rings is 2. The van der Waals surface area contributed by atoms with Crippen LogP contribution >= 0.6 is 34.2 Å². The Hall–Kier alpha value is -1.86. The highest BCUT2D eigenvalue weighted by molar-refractivity contribution is 14.1. The topological polar surface area (TPSA) is 46.9 Å². The van der Waals surface area contributed by atoms with Crippen molar-refractivity contribution >= 4 is 45.8 Å². The average molecular weight is 466 g/mol. The van der Waals surface area contributed by atoms with Crippen molar-refractivity contribution < 1.29 is 4.79 Å². The second kappa shape index (κ2) is 7.58. The van der Waals surface area contributed by atoms with Gasteiger partial charge in [-0.1, -0.05) is 35.9 Å². The number of halogens is 2. The van der Waals surface area contributed by atoms with Gasteiger partial charge in [0.25, 0.3) is 5.91 Å². The van der Waals surface area contributed by atoms with Gasteiger partial charge in [-0.25, -0.2) is 0 Å². The van der Waals surface area contributed by atoms with Crippen LogP contribution in [0.1, 0.15) is 27.3 Å². The van der Waals surface area contributed by atoms with E-state index in [9.17, 15) is 4.79 Å². The highest BCUT2D eigenvalue weighted by Crippen LogP contribution is 2.22. The van der Waals surface area contributed by atoms with Gasteiger partial charge in [0.15, 0.2) is 0 Å². The Morgan fingerprint density at radius 3 is 2.52 bits per heavy atom. The minimum absolute atomic E-state index is 0.123. The van der Waals surface area contributed by atoms with Crippen molar-refractivity contribution in [1.82, 2.24) is 9.78 Å². The zero-order valence-electron chi connectivity index (χ0n) is 13.9. The summed E-state index contributed by atoms with van der Waals surface area (Å²) in [5.41, 5.74) is 4.24. The summed E-state index contributed by atoms with van der Waals surface area (Å²) in [7, 11) is 0. The summed E-state index contributed by atoms with van der Waals surface area (Å²) in [6, 6.07) is 15.2. The lowest BCUT2D eigenvalue weighted by molar-refractivity contribution is 0.102. The fraction of sp³-hybridized carbons (Fsp3) is 0.158. The number of rotatable bonds is 4. The Balaban J connectivity index is 1.83. The number of nitrogens with zero attached hydrogens (tertiary/aromatic N) is 2. The SMILES string of the molecule is Cc1nn(Cc2ccc(Cl)cc2)c(C)c1NC(=O)c1ccccc1I. The molecule has 3 rings (SSSR count). The van der Waals surface area contributed by atoms with Crippen molar-refractivity contribution in [2.75, 3.05) is 5.32 Å². The van der Waals surface area contributed by atoms with Crippen LogP contribution in [0.15, 0.2) is 48.5 Å². The molecular formula is C19H17ClIN3O. The first-order chi connectivity index (χ1) is 12.0. The van der Waals surface area contributed by atoms with Gasteiger partial charge in [0.05, 0.1) is 29.2 Å². The van der Waals surface area contributed by atoms with E-state index in [1.807, 2.05) is 67.1 Å². The molecule has 0 fully saturated rings. The van der Waals surface area contributed by atoms with Gasteiger partial charge < -0.3 is 5.32 Å². The highest BCUT2D eigenvalue weighted by Gasteiger charge is 2.16. The Morgan fingerprint density at radius 1 is 1.16 bits per heavy atom. The number of carbonyl (C=O) groups excluding carboxylic acids is 1. The summed E-state index contributed by atoms with van der Waals surface area (Å²) >= 11 is 8.10. The molecule has 0 radical (unpaired) electrons. The molecule has 128 valence electrons. The van der Waals surface area contributed by atoms with E-state index >= 15 is 0 Å². The van der Waals surface area contributed by atoms with Crippen LogP contribution in [-0.2, 0) is 6.54 Å². The maximum absolute atomic E-state index is 12.6. The van der Waals surface area contributed by atoms with Crippen molar-refractivity contribution in [3.63, 3.8) is 0 Å². The molecule has 0 unspecified atom stereocenters. The lowest BCUT2D eigenvalue weighted by atomic mass is 10.2. The quantitative estimate of drug-likeness (QED) is 0.548. The third kappa shape index (κ3) is 4.04. The highest BCUT2D eigenvalue weighted by atomic mass is 127. The average Bonchev–Trinajstić information content (AvgIpc) is 2.85. The molecule has 0 atom stereocenters. The van der Waals surface area contributed by atoms with Gasteiger partial charge in [-0.2, -0.15) is 5.10 Å². The van der Waals surface area contributed by atoms with Crippen LogP contribution in [0.5, 0.6) is 0 Å². The molecule has 0 saturated carbocycles. The van der Waals surface area contributed by atoms with Gasteiger partial charge in [-0.05, 0) is 66.3 Å². The van der Waals surface area contributed by atoms with Crippen molar-refractivity contribution in [3.8, 4) is 0 Å². The molecular weight excluding hydrogens is 449 g/mol. The van der Waals surface area contributed by atoms with E-state index in [-0.39, 0.29) is 5.91 Å². The molecule has 1 heterocycles. The van der Waals surface area contributed by atoms with Crippen molar-refractivity contribution in [2.24, 2.45) is 0 Å². The largest absolute Gasteiger partial charge is 0.319 e. The number of aryl methyl sites for hydroxylation is 1. The van der Waals surface area contributed by atoms with E-state index in [0.717, 1.165) is 26.2 Å². The minimum atomic E-state index is -0.123. The van der Waals surface area contributed by atoms with Crippen LogP contribution in [0, 0.1) is 17.4 Å². The number of nitrogens with one attached hydrogen (secondary N) is 1. The van der Waals surface area contributed by atoms with E-state index in [1.165, 1.54) is 0 Å². The number of amides is 1. The first kappa shape index (κ1) is 17.9. The monoisotopic (exact) mass is 465 g/mol. The van der Waals surface area contributed by atoms with Crippen molar-refractivity contribution in [2.45, 2.75) is 20.4 Å². The number of hydrogen-bond acceptors (Lipinski definition) is 2. The van der Waals surface area contributed by atoms with E-state index in [4.69, 9.17) is 11.6 Å². The maximum atomic E-state index is 12.6. The molecule has 0 bridgehead atoms. The van der Waals surface area contributed by atoms with Gasteiger partial charge in [0.2, 0.25) is 0 Å². The fourth-order valence-corrected chi connectivity index (χ4v) is 3.38. The normalized spacial score (nSPS) is 10.7. The molecule has 0 aliphatic heterocycles. The summed E-state index contributed by atoms with van der Waals surface area (Å²) in [5.74, 6) is -0.123. The molecule has 1 aromatic heterocycles. The van der Waals surface area contributed by atoms with Gasteiger partial charge in [-0.3, -0.25) is 9.48 Å². The molecule has 3 aromatic rings. The Bertz CT molecular complexity index is 919. The Labute approximate surface area is 165 Å². The standard InChI is InChI=1S/C19H17ClIN3O/c1-12-18(22-19(25)16-5-3-4-6-17(16)21)13(2)24(23-12)11-14-7-9-15(20)10-8-14/h3-10H,11H2,1-2H3,(H,22,25). The maximum Gasteiger partial charge on any atom is 0.256 e. The molecule has 0 aliphatic carbocycles. The van der Waals surface area contributed by atoms with Crippen LogP contribution < -0.4 is 5.32 Å². The number of aromatic nitrogens is 2. The van der Waals surface area contributed by atoms with E-state index in [2.05, 4.69) is 33.0 Å². The smallest absolute Gasteiger partial charge is 0.256 e. The third-order valence-electron chi connectivity index (χ3n) is 3.98. The second-order valence-electron chi connectivity index (χ2n) is 5.76. The van der Waals surface area contributed by atoms with Crippen molar-refractivity contribution in [3.05, 3.63) is 79.6 Å². The first-order valence-corrected chi connectivity index (χ1v) is 9.25. The van der Waals surface area contributed by atoms with Crippen LogP contribution in [0.25, 0.3) is 0 Å². The van der Waals surface area contributed by atoms with Gasteiger partial charge in [0.1, 0.15) is 0 Å². The summed E-state index contributed by atoms with van der Waals surface area (Å²) in [4.78, 5) is 12.6. The molecule has 0 aliphatic rings. The number of carbonyl (C=O) groups is 1. The molecule has 4 nitrogen and oxygen atoms in total. The zero-order chi connectivity index (χ0) is 18.0. The molecule has 6 heteroatoms. The van der Waals surface area contributed by atoms with Crippen LogP contribution in [-0.4, -0.2) is 15.7 Å². The summed E-state index contributed by atoms with van der Waals surface area (Å²) in [5, 5.41) is 8.28. The van der Waals surface area contributed by atoms with Gasteiger partial charge >= 0.3 is 0 Å². The summed E-state index contributed by atoms with van der Waals surface area (Å²) in [6.45, 7) is 4.49. The molecule has 0 spiro atoms. The van der Waals surface area contributed by atoms with Crippen LogP contribution in [0.4, 0.5) is 5.69 Å². The summed E-state index contributed by atoms with van der Waals surface area (Å²) in [6.07, 6.45) is 0. The van der Waals surface area contributed by atoms with Crippen molar-refractivity contribution in [1.29, 1.82) is 0 Å². The van der Waals surface area contributed by atoms with E-state index in [1.54, 1.807) is 0 Å². The second-order valence-corrected chi connectivity index (χ2v) is 7.36. The predicted octanol–water partition coefficient (Wildman–Crippen LogP) is 5.06. The Kier molecular flexibility index (Phi) is 5.44. The molecule has 0 saturated heterocycles. The molecule has 1 amide bonds. The zero-order valence-corrected chi connectivity index (χ0v) is 16.8. The first-order valence-electron chi connectivity index (χ1n) is 7.80. The van der Waals surface area contributed by atoms with Gasteiger partial charge in [-0.15, -0.1) is 0 Å². The minimum Gasteiger partial charge on any atom is -0.319 e. The van der Waals surface area contributed by atoms with Crippen LogP contribution in [0.2, 0.25) is 5.02 Å². The predicted molar refractivity (Wildman–Crippen MR) is 109 cm³/mol. The third-order valence-corrected chi connectivity index (χ3v) is 5.18. The van der Waals surface area contributed by atoms with E-state index in [0.29, 0.717) is 17.1 Å². The summed E-state index contributed by atoms with van der Waals surface area (Å²) < 4.78 is 2.81. The Morgan fingerprint density at radius 2 is 1.84 bits per heavy atom. The number of hydrogen-bond donors (Lipinski definition) is 1. The van der Waals surface area contributed by atoms with Crippen LogP contribution in [0.3, 0.4) is 0 Å². The molecule has 2 aromatic carbocycles. The molecule has 25 heavy (non-hydrogen) atoms. The van der Waals surface area contributed by atoms with E-state index < -0.39 is 0 Å².